The highest BCUT2D eigenvalue weighted by Gasteiger charge is 2.19. The van der Waals surface area contributed by atoms with Crippen LogP contribution in [-0.2, 0) is 7.05 Å². The number of aryl methyl sites for hydroxylation is 1. The highest BCUT2D eigenvalue weighted by atomic mass is 14.9. The van der Waals surface area contributed by atoms with Crippen LogP contribution in [0.1, 0.15) is 43.2 Å². The first kappa shape index (κ1) is 11.0. The minimum absolute atomic E-state index is 0.279. The Morgan fingerprint density at radius 3 is 2.75 bits per heavy atom. The van der Waals surface area contributed by atoms with Crippen molar-refractivity contribution >= 4 is 16.5 Å². The van der Waals surface area contributed by atoms with Crippen LogP contribution in [0, 0.1) is 20.4 Å². The number of aromatic nitrogens is 1. The van der Waals surface area contributed by atoms with Crippen LogP contribution in [0.2, 0.25) is 0 Å². The molecule has 1 aromatic heterocycles. The smallest absolute Gasteiger partial charge is 0.220 e. The van der Waals surface area contributed by atoms with E-state index in [0.29, 0.717) is 11.3 Å². The van der Waals surface area contributed by atoms with Gasteiger partial charge in [0.15, 0.2) is 11.9 Å². The van der Waals surface area contributed by atoms with Gasteiger partial charge in [-0.3, -0.25) is 0 Å². The van der Waals surface area contributed by atoms with Gasteiger partial charge in [0.1, 0.15) is 8.42 Å². The van der Waals surface area contributed by atoms with E-state index in [2.05, 4.69) is 4.85 Å². The van der Waals surface area contributed by atoms with Crippen LogP contribution in [0.3, 0.4) is 0 Å². The first-order valence-corrected chi connectivity index (χ1v) is 7.81. The Labute approximate surface area is 151 Å². The molecule has 0 spiro atoms. The number of nitrogens with zero attached hydrogens (tertiary/aromatic N) is 2. The van der Waals surface area contributed by atoms with Gasteiger partial charge in [-0.1, -0.05) is 32.0 Å². The molecule has 3 rings (SSSR count). The third-order valence-electron chi connectivity index (χ3n) is 4.52. The van der Waals surface area contributed by atoms with E-state index in [-0.39, 0.29) is 6.17 Å². The number of hydrogen-bond acceptors (Lipinski definition) is 0. The number of pyridine rings is 1. The summed E-state index contributed by atoms with van der Waals surface area (Å²) in [6, 6.07) is 10.6. The minimum atomic E-state index is -2.47. The van der Waals surface area contributed by atoms with Gasteiger partial charge in [-0.05, 0) is 54.0 Å². The lowest BCUT2D eigenvalue weighted by atomic mass is 9.91. The third kappa shape index (κ3) is 2.67. The van der Waals surface area contributed by atoms with Crippen LogP contribution >= 0.6 is 0 Å². The zero-order valence-electron chi connectivity index (χ0n) is 19.4. The molecule has 0 radical (unpaired) electrons. The summed E-state index contributed by atoms with van der Waals surface area (Å²) in [4.78, 5) is 3.47. The van der Waals surface area contributed by atoms with Crippen LogP contribution in [-0.4, -0.2) is 0 Å². The SMILES string of the molecule is [2H]c1cc2cc([N+]#[C-])ccc2c(-c2cc(C([2H])(C)C([2H])([2H])[2H])cc(C)c2C)[n+]1C. The molecule has 0 saturated carbocycles. The molecular weight excluding hydrogens is 292 g/mol. The fourth-order valence-electron chi connectivity index (χ4n) is 3.01. The molecule has 1 unspecified atom stereocenters. The highest BCUT2D eigenvalue weighted by Crippen LogP contribution is 2.33. The van der Waals surface area contributed by atoms with Gasteiger partial charge in [-0.15, -0.1) is 0 Å². The van der Waals surface area contributed by atoms with E-state index in [9.17, 15) is 0 Å². The summed E-state index contributed by atoms with van der Waals surface area (Å²) < 4.78 is 42.1. The number of rotatable bonds is 2. The Bertz CT molecular complexity index is 1170. The lowest BCUT2D eigenvalue weighted by molar-refractivity contribution is -0.659. The lowest BCUT2D eigenvalue weighted by Gasteiger charge is -2.14. The molecule has 0 aliphatic heterocycles. The molecule has 120 valence electrons. The van der Waals surface area contributed by atoms with E-state index < -0.39 is 12.7 Å². The highest BCUT2D eigenvalue weighted by molar-refractivity contribution is 5.95. The van der Waals surface area contributed by atoms with Crippen LogP contribution in [0.25, 0.3) is 26.9 Å². The van der Waals surface area contributed by atoms with Crippen molar-refractivity contribution < 1.29 is 11.4 Å². The van der Waals surface area contributed by atoms with Gasteiger partial charge >= 0.3 is 0 Å². The molecule has 0 N–H and O–H groups in total. The Morgan fingerprint density at radius 1 is 1.25 bits per heavy atom. The van der Waals surface area contributed by atoms with Crippen LogP contribution in [0.5, 0.6) is 0 Å². The van der Waals surface area contributed by atoms with Crippen molar-refractivity contribution in [2.24, 2.45) is 7.05 Å². The molecule has 1 atom stereocenters. The second-order valence-corrected chi connectivity index (χ2v) is 6.16. The Balaban J connectivity index is 2.42. The molecule has 0 saturated heterocycles. The number of fused-ring (bicyclic) bond motifs is 1. The molecule has 0 bridgehead atoms. The molecule has 2 aromatic carbocycles. The second-order valence-electron chi connectivity index (χ2n) is 6.16. The summed E-state index contributed by atoms with van der Waals surface area (Å²) in [5.74, 6) is -1.76. The van der Waals surface area contributed by atoms with Gasteiger partial charge in [0.25, 0.3) is 0 Å². The molecule has 0 amide bonds. The van der Waals surface area contributed by atoms with E-state index in [0.717, 1.165) is 33.2 Å². The molecule has 0 fully saturated rings. The van der Waals surface area contributed by atoms with E-state index in [1.165, 1.54) is 6.92 Å². The predicted octanol–water partition coefficient (Wildman–Crippen LogP) is 5.62. The zero-order chi connectivity index (χ0) is 21.7. The molecule has 2 nitrogen and oxygen atoms in total. The topological polar surface area (TPSA) is 8.24 Å². The Morgan fingerprint density at radius 2 is 2.04 bits per heavy atom. The molecule has 2 heteroatoms. The maximum atomic E-state index is 8.52. The average molecular weight is 320 g/mol. The number of hydrogen-bond donors (Lipinski definition) is 0. The minimum Gasteiger partial charge on any atom is -0.238 e. The normalized spacial score (nSPS) is 17.0. The summed E-state index contributed by atoms with van der Waals surface area (Å²) in [6.45, 7) is 10.1. The lowest BCUT2D eigenvalue weighted by Crippen LogP contribution is -2.30. The van der Waals surface area contributed by atoms with Crippen LogP contribution < -0.4 is 4.57 Å². The van der Waals surface area contributed by atoms with E-state index in [1.807, 2.05) is 19.9 Å². The van der Waals surface area contributed by atoms with Gasteiger partial charge in [-0.25, -0.2) is 9.41 Å². The third-order valence-corrected chi connectivity index (χ3v) is 4.52. The van der Waals surface area contributed by atoms with Gasteiger partial charge in [0.2, 0.25) is 5.69 Å². The maximum absolute atomic E-state index is 8.52. The van der Waals surface area contributed by atoms with E-state index in [4.69, 9.17) is 13.4 Å². The van der Waals surface area contributed by atoms with E-state index >= 15 is 0 Å². The monoisotopic (exact) mass is 320 g/mol. The molecule has 0 aliphatic rings. The first-order valence-electron chi connectivity index (χ1n) is 10.3. The summed E-state index contributed by atoms with van der Waals surface area (Å²) in [6.07, 6.45) is 0.279. The summed E-state index contributed by atoms with van der Waals surface area (Å²) in [5, 5.41) is 1.65. The quantitative estimate of drug-likeness (QED) is 0.428. The summed E-state index contributed by atoms with van der Waals surface area (Å²) in [5.41, 5.74) is 4.33. The Hall–Kier alpha value is -2.66. The van der Waals surface area contributed by atoms with Crippen molar-refractivity contribution in [2.45, 2.75) is 33.5 Å². The van der Waals surface area contributed by atoms with Crippen LogP contribution in [0.4, 0.5) is 5.69 Å². The maximum Gasteiger partial charge on any atom is 0.220 e. The van der Waals surface area contributed by atoms with Gasteiger partial charge < -0.3 is 0 Å². The van der Waals surface area contributed by atoms with Crippen molar-refractivity contribution in [3.05, 3.63) is 70.7 Å². The average Bonchev–Trinajstić information content (AvgIpc) is 2.64. The van der Waals surface area contributed by atoms with Crippen molar-refractivity contribution in [1.82, 2.24) is 0 Å². The molecule has 24 heavy (non-hydrogen) atoms. The zero-order valence-corrected chi connectivity index (χ0v) is 14.4. The molecule has 1 heterocycles. The standard InChI is InChI=1S/C22H23N2/c1-14(2)18-11-15(3)16(4)21(13-18)22-20-8-7-19(23-5)12-17(20)9-10-24(22)6/h7-14H,1-4,6H3/q+1/i1D3,10D,14D. The van der Waals surface area contributed by atoms with Gasteiger partial charge in [0.05, 0.1) is 17.5 Å². The predicted molar refractivity (Wildman–Crippen MR) is 100 cm³/mol. The van der Waals surface area contributed by atoms with Gasteiger partial charge in [0, 0.05) is 11.5 Å². The van der Waals surface area contributed by atoms with Crippen molar-refractivity contribution in [2.75, 3.05) is 0 Å². The summed E-state index contributed by atoms with van der Waals surface area (Å²) in [7, 11) is 1.80. The first-order chi connectivity index (χ1) is 13.4. The largest absolute Gasteiger partial charge is 0.238 e. The van der Waals surface area contributed by atoms with Crippen molar-refractivity contribution in [1.29, 1.82) is 0 Å². The van der Waals surface area contributed by atoms with Gasteiger partial charge in [-0.2, -0.15) is 0 Å². The second kappa shape index (κ2) is 6.09. The summed E-state index contributed by atoms with van der Waals surface area (Å²) >= 11 is 0. The van der Waals surface area contributed by atoms with E-state index in [1.54, 1.807) is 41.9 Å². The van der Waals surface area contributed by atoms with Crippen molar-refractivity contribution in [3.8, 4) is 11.3 Å². The fraction of sp³-hybridized carbons (Fsp3) is 0.273. The fourth-order valence-corrected chi connectivity index (χ4v) is 3.01. The number of benzene rings is 2. The molecule has 0 aliphatic carbocycles. The van der Waals surface area contributed by atoms with Crippen molar-refractivity contribution in [3.63, 3.8) is 0 Å². The van der Waals surface area contributed by atoms with Crippen LogP contribution in [0.15, 0.2) is 42.6 Å². The Kier molecular flexibility index (Phi) is 2.79. The molecular formula is C22H23N2+. The molecule has 3 aromatic rings.